The van der Waals surface area contributed by atoms with Crippen molar-refractivity contribution in [3.63, 3.8) is 0 Å². The number of rotatable bonds is 5. The number of nitrogens with one attached hydrogen (secondary N) is 1. The highest BCUT2D eigenvalue weighted by atomic mass is 19.1. The molecule has 0 saturated carbocycles. The Morgan fingerprint density at radius 2 is 2.22 bits per heavy atom. The minimum Gasteiger partial charge on any atom is -0.467 e. The Morgan fingerprint density at radius 3 is 2.91 bits per heavy atom. The predicted molar refractivity (Wildman–Crippen MR) is 84.9 cm³/mol. The molecule has 0 bridgehead atoms. The van der Waals surface area contributed by atoms with Gasteiger partial charge in [0.2, 0.25) is 5.91 Å². The summed E-state index contributed by atoms with van der Waals surface area (Å²) < 4.78 is 18.4. The van der Waals surface area contributed by atoms with Crippen molar-refractivity contribution in [1.29, 1.82) is 0 Å². The van der Waals surface area contributed by atoms with Crippen LogP contribution in [0.1, 0.15) is 17.7 Å². The van der Waals surface area contributed by atoms with E-state index in [1.807, 2.05) is 18.2 Å². The number of carbonyl (C=O) groups is 1. The second kappa shape index (κ2) is 7.24. The summed E-state index contributed by atoms with van der Waals surface area (Å²) in [4.78, 5) is 14.3. The van der Waals surface area contributed by atoms with Crippen LogP contribution in [0, 0.1) is 5.82 Å². The number of carbonyl (C=O) groups excluding carboxylic acids is 1. The molecule has 23 heavy (non-hydrogen) atoms. The van der Waals surface area contributed by atoms with E-state index in [0.717, 1.165) is 23.4 Å². The van der Waals surface area contributed by atoms with Crippen molar-refractivity contribution in [1.82, 2.24) is 10.2 Å². The van der Waals surface area contributed by atoms with E-state index in [4.69, 9.17) is 4.42 Å². The number of hydrogen-bond donors (Lipinski definition) is 1. The van der Waals surface area contributed by atoms with Crippen molar-refractivity contribution < 1.29 is 13.6 Å². The summed E-state index contributed by atoms with van der Waals surface area (Å²) in [6, 6.07) is 10.3. The van der Waals surface area contributed by atoms with E-state index in [1.54, 1.807) is 24.5 Å². The molecule has 0 radical (unpaired) electrons. The molecule has 2 heterocycles. The monoisotopic (exact) mass is 314 g/mol. The van der Waals surface area contributed by atoms with Gasteiger partial charge in [-0.2, -0.15) is 0 Å². The minimum absolute atomic E-state index is 0.0493. The van der Waals surface area contributed by atoms with Gasteiger partial charge in [0.1, 0.15) is 11.6 Å². The lowest BCUT2D eigenvalue weighted by Crippen LogP contribution is -2.33. The Kier molecular flexibility index (Phi) is 4.88. The van der Waals surface area contributed by atoms with Crippen LogP contribution in [-0.4, -0.2) is 23.9 Å². The van der Waals surface area contributed by atoms with Crippen LogP contribution < -0.4 is 5.32 Å². The normalized spacial score (nSPS) is 15.3. The molecule has 5 heteroatoms. The van der Waals surface area contributed by atoms with E-state index in [1.165, 1.54) is 6.07 Å². The van der Waals surface area contributed by atoms with Crippen LogP contribution in [0.4, 0.5) is 4.39 Å². The third-order valence-electron chi connectivity index (χ3n) is 3.88. The van der Waals surface area contributed by atoms with Crippen molar-refractivity contribution in [2.45, 2.75) is 19.5 Å². The van der Waals surface area contributed by atoms with Gasteiger partial charge < -0.3 is 9.73 Å². The number of halogens is 1. The van der Waals surface area contributed by atoms with Gasteiger partial charge in [0.15, 0.2) is 0 Å². The van der Waals surface area contributed by atoms with Gasteiger partial charge in [0, 0.05) is 25.2 Å². The first-order chi connectivity index (χ1) is 11.2. The Morgan fingerprint density at radius 1 is 1.30 bits per heavy atom. The van der Waals surface area contributed by atoms with Crippen molar-refractivity contribution in [2.24, 2.45) is 0 Å². The first-order valence-corrected chi connectivity index (χ1v) is 7.67. The summed E-state index contributed by atoms with van der Waals surface area (Å²) in [7, 11) is 0. The molecular weight excluding hydrogens is 295 g/mol. The molecule has 0 aliphatic carbocycles. The molecule has 3 rings (SSSR count). The smallest absolute Gasteiger partial charge is 0.247 e. The first-order valence-electron chi connectivity index (χ1n) is 7.67. The molecule has 0 atom stereocenters. The molecule has 0 fully saturated rings. The van der Waals surface area contributed by atoms with E-state index < -0.39 is 0 Å². The molecule has 1 aliphatic heterocycles. The summed E-state index contributed by atoms with van der Waals surface area (Å²) in [5, 5.41) is 2.86. The Labute approximate surface area is 134 Å². The molecule has 1 N–H and O–H groups in total. The van der Waals surface area contributed by atoms with Gasteiger partial charge >= 0.3 is 0 Å². The highest BCUT2D eigenvalue weighted by Crippen LogP contribution is 2.15. The average molecular weight is 314 g/mol. The van der Waals surface area contributed by atoms with Crippen LogP contribution in [0.2, 0.25) is 0 Å². The van der Waals surface area contributed by atoms with Crippen molar-refractivity contribution in [2.75, 3.05) is 13.1 Å². The van der Waals surface area contributed by atoms with Gasteiger partial charge in [0.05, 0.1) is 12.8 Å². The van der Waals surface area contributed by atoms with E-state index in [9.17, 15) is 9.18 Å². The molecule has 0 saturated heterocycles. The van der Waals surface area contributed by atoms with E-state index in [0.29, 0.717) is 26.1 Å². The topological polar surface area (TPSA) is 45.5 Å². The van der Waals surface area contributed by atoms with Crippen molar-refractivity contribution in [3.05, 3.63) is 71.5 Å². The fourth-order valence-corrected chi connectivity index (χ4v) is 2.65. The number of nitrogens with zero attached hydrogens (tertiary/aromatic N) is 1. The standard InChI is InChI=1S/C18H19FN2O2/c19-16-4-1-3-14(11-16)13-21-8-6-15(7-9-21)18(22)20-12-17-5-2-10-23-17/h1-6,10-11H,7-9,12-13H2,(H,20,22). The lowest BCUT2D eigenvalue weighted by atomic mass is 10.1. The van der Waals surface area contributed by atoms with Crippen LogP contribution in [0.5, 0.6) is 0 Å². The molecule has 1 amide bonds. The Hall–Kier alpha value is -2.40. The molecule has 1 aromatic heterocycles. The predicted octanol–water partition coefficient (Wildman–Crippen LogP) is 2.87. The highest BCUT2D eigenvalue weighted by molar-refractivity contribution is 5.93. The molecule has 0 unspecified atom stereocenters. The van der Waals surface area contributed by atoms with Gasteiger partial charge in [-0.1, -0.05) is 18.2 Å². The molecule has 1 aromatic carbocycles. The Bertz CT molecular complexity index is 695. The van der Waals surface area contributed by atoms with Gasteiger partial charge in [-0.3, -0.25) is 9.69 Å². The second-order valence-electron chi connectivity index (χ2n) is 5.61. The largest absolute Gasteiger partial charge is 0.467 e. The summed E-state index contributed by atoms with van der Waals surface area (Å²) in [5.74, 6) is 0.474. The SMILES string of the molecule is O=C(NCc1ccco1)C1=CCN(Cc2cccc(F)c2)CC1. The van der Waals surface area contributed by atoms with Gasteiger partial charge in [-0.15, -0.1) is 0 Å². The lowest BCUT2D eigenvalue weighted by Gasteiger charge is -2.25. The molecule has 1 aliphatic rings. The van der Waals surface area contributed by atoms with Gasteiger partial charge in [-0.25, -0.2) is 4.39 Å². The van der Waals surface area contributed by atoms with Crippen LogP contribution in [0.25, 0.3) is 0 Å². The maximum absolute atomic E-state index is 13.2. The van der Waals surface area contributed by atoms with Crippen LogP contribution in [0.3, 0.4) is 0 Å². The molecule has 120 valence electrons. The fraction of sp³-hybridized carbons (Fsp3) is 0.278. The van der Waals surface area contributed by atoms with Gasteiger partial charge in [-0.05, 0) is 36.2 Å². The van der Waals surface area contributed by atoms with Crippen LogP contribution >= 0.6 is 0 Å². The first kappa shape index (κ1) is 15.5. The van der Waals surface area contributed by atoms with Crippen molar-refractivity contribution >= 4 is 5.91 Å². The zero-order valence-corrected chi connectivity index (χ0v) is 12.8. The average Bonchev–Trinajstić information content (AvgIpc) is 3.07. The highest BCUT2D eigenvalue weighted by Gasteiger charge is 2.17. The number of furan rings is 1. The summed E-state index contributed by atoms with van der Waals surface area (Å²) in [6.07, 6.45) is 4.23. The maximum Gasteiger partial charge on any atom is 0.247 e. The van der Waals surface area contributed by atoms with Gasteiger partial charge in [0.25, 0.3) is 0 Å². The quantitative estimate of drug-likeness (QED) is 0.923. The third kappa shape index (κ3) is 4.29. The zero-order chi connectivity index (χ0) is 16.1. The molecular formula is C18H19FN2O2. The van der Waals surface area contributed by atoms with E-state index >= 15 is 0 Å². The molecule has 4 nitrogen and oxygen atoms in total. The van der Waals surface area contributed by atoms with E-state index in [2.05, 4.69) is 10.2 Å². The summed E-state index contributed by atoms with van der Waals surface area (Å²) >= 11 is 0. The van der Waals surface area contributed by atoms with Crippen LogP contribution in [-0.2, 0) is 17.9 Å². The summed E-state index contributed by atoms with van der Waals surface area (Å²) in [5.41, 5.74) is 1.75. The third-order valence-corrected chi connectivity index (χ3v) is 3.88. The maximum atomic E-state index is 13.2. The lowest BCUT2D eigenvalue weighted by molar-refractivity contribution is -0.118. The summed E-state index contributed by atoms with van der Waals surface area (Å²) in [6.45, 7) is 2.57. The zero-order valence-electron chi connectivity index (χ0n) is 12.8. The number of benzene rings is 1. The Balaban J connectivity index is 1.50. The minimum atomic E-state index is -0.215. The molecule has 0 spiro atoms. The van der Waals surface area contributed by atoms with E-state index in [-0.39, 0.29) is 11.7 Å². The fourth-order valence-electron chi connectivity index (χ4n) is 2.65. The molecule has 2 aromatic rings. The number of hydrogen-bond acceptors (Lipinski definition) is 3. The van der Waals surface area contributed by atoms with Crippen molar-refractivity contribution in [3.8, 4) is 0 Å². The second-order valence-corrected chi connectivity index (χ2v) is 5.61. The van der Waals surface area contributed by atoms with Crippen LogP contribution in [0.15, 0.2) is 58.7 Å². The number of amides is 1.